The van der Waals surface area contributed by atoms with Crippen LogP contribution >= 0.6 is 27.3 Å². The summed E-state index contributed by atoms with van der Waals surface area (Å²) in [5.74, 6) is 0.0127. The lowest BCUT2D eigenvalue weighted by molar-refractivity contribution is -0.116. The smallest absolute Gasteiger partial charge is 0.224 e. The van der Waals surface area contributed by atoms with E-state index >= 15 is 0 Å². The average molecular weight is 353 g/mol. The second kappa shape index (κ2) is 6.90. The SMILES string of the molecule is Cc1cc(Br)cc(N)c1NC(=O)CCCc1cccs1. The fourth-order valence-electron chi connectivity index (χ4n) is 2.02. The van der Waals surface area contributed by atoms with E-state index in [-0.39, 0.29) is 5.91 Å². The molecule has 0 atom stereocenters. The first-order valence-corrected chi connectivity index (χ1v) is 8.11. The molecule has 106 valence electrons. The molecule has 1 aromatic heterocycles. The van der Waals surface area contributed by atoms with Crippen molar-refractivity contribution < 1.29 is 4.79 Å². The summed E-state index contributed by atoms with van der Waals surface area (Å²) in [5.41, 5.74) is 8.20. The molecule has 0 aliphatic carbocycles. The highest BCUT2D eigenvalue weighted by atomic mass is 79.9. The van der Waals surface area contributed by atoms with Gasteiger partial charge in [-0.1, -0.05) is 22.0 Å². The minimum Gasteiger partial charge on any atom is -0.397 e. The highest BCUT2D eigenvalue weighted by Gasteiger charge is 2.09. The lowest BCUT2D eigenvalue weighted by atomic mass is 10.1. The number of nitrogens with two attached hydrogens (primary N) is 1. The number of hydrogen-bond acceptors (Lipinski definition) is 3. The van der Waals surface area contributed by atoms with E-state index in [2.05, 4.69) is 32.7 Å². The van der Waals surface area contributed by atoms with Crippen molar-refractivity contribution in [3.05, 3.63) is 44.6 Å². The van der Waals surface area contributed by atoms with Crippen molar-refractivity contribution in [2.24, 2.45) is 0 Å². The zero-order valence-electron chi connectivity index (χ0n) is 11.3. The Bertz CT molecular complexity index is 573. The maximum atomic E-state index is 12.0. The van der Waals surface area contributed by atoms with Crippen LogP contribution in [0.15, 0.2) is 34.1 Å². The van der Waals surface area contributed by atoms with Gasteiger partial charge in [-0.05, 0) is 48.9 Å². The molecule has 2 aromatic rings. The summed E-state index contributed by atoms with van der Waals surface area (Å²) in [5, 5.41) is 4.96. The first-order valence-electron chi connectivity index (χ1n) is 6.44. The summed E-state index contributed by atoms with van der Waals surface area (Å²) in [7, 11) is 0. The van der Waals surface area contributed by atoms with Gasteiger partial charge in [0.05, 0.1) is 11.4 Å². The number of nitrogens with one attached hydrogen (secondary N) is 1. The molecular weight excluding hydrogens is 336 g/mol. The van der Waals surface area contributed by atoms with Gasteiger partial charge >= 0.3 is 0 Å². The number of thiophene rings is 1. The number of anilines is 2. The molecule has 1 aromatic carbocycles. The molecular formula is C15H17BrN2OS. The van der Waals surface area contributed by atoms with E-state index in [1.54, 1.807) is 17.4 Å². The number of nitrogen functional groups attached to an aromatic ring is 1. The molecule has 0 aliphatic heterocycles. The van der Waals surface area contributed by atoms with Crippen LogP contribution in [-0.4, -0.2) is 5.91 Å². The van der Waals surface area contributed by atoms with Crippen LogP contribution in [0.4, 0.5) is 11.4 Å². The van der Waals surface area contributed by atoms with Crippen LogP contribution in [-0.2, 0) is 11.2 Å². The van der Waals surface area contributed by atoms with Gasteiger partial charge in [0.2, 0.25) is 5.91 Å². The van der Waals surface area contributed by atoms with Gasteiger partial charge in [0.25, 0.3) is 0 Å². The second-order valence-corrected chi connectivity index (χ2v) is 6.62. The minimum atomic E-state index is 0.0127. The fraction of sp³-hybridized carbons (Fsp3) is 0.267. The van der Waals surface area contributed by atoms with Crippen LogP contribution in [0.5, 0.6) is 0 Å². The number of benzene rings is 1. The fourth-order valence-corrected chi connectivity index (χ4v) is 3.36. The van der Waals surface area contributed by atoms with Gasteiger partial charge in [0.1, 0.15) is 0 Å². The highest BCUT2D eigenvalue weighted by molar-refractivity contribution is 9.10. The molecule has 0 radical (unpaired) electrons. The van der Waals surface area contributed by atoms with E-state index in [9.17, 15) is 4.79 Å². The lowest BCUT2D eigenvalue weighted by Crippen LogP contribution is -2.14. The van der Waals surface area contributed by atoms with Crippen molar-refractivity contribution in [3.8, 4) is 0 Å². The molecule has 0 spiro atoms. The van der Waals surface area contributed by atoms with Gasteiger partial charge in [0, 0.05) is 15.8 Å². The summed E-state index contributed by atoms with van der Waals surface area (Å²) >= 11 is 5.11. The number of carbonyl (C=O) groups is 1. The molecule has 5 heteroatoms. The molecule has 3 N–H and O–H groups in total. The van der Waals surface area contributed by atoms with E-state index in [4.69, 9.17) is 5.73 Å². The Morgan fingerprint density at radius 3 is 2.90 bits per heavy atom. The molecule has 3 nitrogen and oxygen atoms in total. The zero-order chi connectivity index (χ0) is 14.5. The van der Waals surface area contributed by atoms with Crippen LogP contribution in [0.2, 0.25) is 0 Å². The summed E-state index contributed by atoms with van der Waals surface area (Å²) in [6, 6.07) is 7.87. The van der Waals surface area contributed by atoms with Gasteiger partial charge in [0.15, 0.2) is 0 Å². The standard InChI is InChI=1S/C15H17BrN2OS/c1-10-8-11(16)9-13(17)15(10)18-14(19)6-2-4-12-5-3-7-20-12/h3,5,7-9H,2,4,6,17H2,1H3,(H,18,19). The van der Waals surface area contributed by atoms with E-state index in [0.29, 0.717) is 17.8 Å². The second-order valence-electron chi connectivity index (χ2n) is 4.67. The van der Waals surface area contributed by atoms with Crippen LogP contribution in [0, 0.1) is 6.92 Å². The first-order chi connectivity index (χ1) is 9.56. The Labute approximate surface area is 131 Å². The molecule has 0 aliphatic rings. The average Bonchev–Trinajstić information content (AvgIpc) is 2.87. The molecule has 20 heavy (non-hydrogen) atoms. The monoisotopic (exact) mass is 352 g/mol. The Balaban J connectivity index is 1.88. The minimum absolute atomic E-state index is 0.0127. The van der Waals surface area contributed by atoms with Gasteiger partial charge in [-0.3, -0.25) is 4.79 Å². The highest BCUT2D eigenvalue weighted by Crippen LogP contribution is 2.28. The maximum absolute atomic E-state index is 12.0. The first kappa shape index (κ1) is 15.1. The molecule has 2 rings (SSSR count). The quantitative estimate of drug-likeness (QED) is 0.785. The zero-order valence-corrected chi connectivity index (χ0v) is 13.7. The van der Waals surface area contributed by atoms with Crippen molar-refractivity contribution in [2.45, 2.75) is 26.2 Å². The van der Waals surface area contributed by atoms with Crippen LogP contribution < -0.4 is 11.1 Å². The molecule has 0 bridgehead atoms. The van der Waals surface area contributed by atoms with E-state index in [1.807, 2.05) is 19.1 Å². The molecule has 1 amide bonds. The van der Waals surface area contributed by atoms with Gasteiger partial charge in [-0.2, -0.15) is 0 Å². The van der Waals surface area contributed by atoms with Gasteiger partial charge < -0.3 is 11.1 Å². The van der Waals surface area contributed by atoms with Crippen molar-refractivity contribution in [1.29, 1.82) is 0 Å². The van der Waals surface area contributed by atoms with E-state index in [1.165, 1.54) is 4.88 Å². The number of aryl methyl sites for hydroxylation is 2. The summed E-state index contributed by atoms with van der Waals surface area (Å²) in [6.07, 6.45) is 2.30. The normalized spacial score (nSPS) is 10.5. The van der Waals surface area contributed by atoms with Crippen LogP contribution in [0.1, 0.15) is 23.3 Å². The molecule has 0 unspecified atom stereocenters. The Kier molecular flexibility index (Phi) is 5.20. The van der Waals surface area contributed by atoms with Crippen molar-refractivity contribution >= 4 is 44.5 Å². The number of halogens is 1. The van der Waals surface area contributed by atoms with Gasteiger partial charge in [-0.25, -0.2) is 0 Å². The molecule has 0 saturated carbocycles. The predicted octanol–water partition coefficient (Wildman–Crippen LogP) is 4.36. The summed E-state index contributed by atoms with van der Waals surface area (Å²) in [6.45, 7) is 1.93. The summed E-state index contributed by atoms with van der Waals surface area (Å²) in [4.78, 5) is 13.3. The Morgan fingerprint density at radius 1 is 1.45 bits per heavy atom. The number of hydrogen-bond donors (Lipinski definition) is 2. The van der Waals surface area contributed by atoms with Crippen LogP contribution in [0.25, 0.3) is 0 Å². The Morgan fingerprint density at radius 2 is 2.25 bits per heavy atom. The molecule has 0 fully saturated rings. The maximum Gasteiger partial charge on any atom is 0.224 e. The van der Waals surface area contributed by atoms with Crippen LogP contribution in [0.3, 0.4) is 0 Å². The van der Waals surface area contributed by atoms with Gasteiger partial charge in [-0.15, -0.1) is 11.3 Å². The lowest BCUT2D eigenvalue weighted by Gasteiger charge is -2.12. The third-order valence-electron chi connectivity index (χ3n) is 3.00. The third kappa shape index (κ3) is 4.08. The molecule has 0 saturated heterocycles. The number of carbonyl (C=O) groups excluding carboxylic acids is 1. The number of amides is 1. The summed E-state index contributed by atoms with van der Waals surface area (Å²) < 4.78 is 0.920. The third-order valence-corrected chi connectivity index (χ3v) is 4.40. The predicted molar refractivity (Wildman–Crippen MR) is 89.2 cm³/mol. The topological polar surface area (TPSA) is 55.1 Å². The largest absolute Gasteiger partial charge is 0.397 e. The van der Waals surface area contributed by atoms with E-state index < -0.39 is 0 Å². The Hall–Kier alpha value is -1.33. The van der Waals surface area contributed by atoms with Crippen molar-refractivity contribution in [1.82, 2.24) is 0 Å². The van der Waals surface area contributed by atoms with Crippen molar-refractivity contribution in [3.63, 3.8) is 0 Å². The number of rotatable bonds is 5. The van der Waals surface area contributed by atoms with E-state index in [0.717, 1.165) is 22.9 Å². The molecule has 1 heterocycles. The van der Waals surface area contributed by atoms with Crippen molar-refractivity contribution in [2.75, 3.05) is 11.1 Å².